The number of halogens is 1. The minimum atomic E-state index is -0.235. The Morgan fingerprint density at radius 3 is 2.67 bits per heavy atom. The van der Waals surface area contributed by atoms with Crippen molar-refractivity contribution < 1.29 is 9.13 Å². The molecule has 1 heterocycles. The summed E-state index contributed by atoms with van der Waals surface area (Å²) in [6.45, 7) is 4.34. The third-order valence-electron chi connectivity index (χ3n) is 2.89. The topological polar surface area (TPSA) is 27.1 Å². The lowest BCUT2D eigenvalue weighted by Crippen LogP contribution is -2.01. The van der Waals surface area contributed by atoms with Crippen LogP contribution in [0.3, 0.4) is 0 Å². The van der Waals surface area contributed by atoms with Gasteiger partial charge in [0.1, 0.15) is 17.4 Å². The lowest BCUT2D eigenvalue weighted by molar-refractivity contribution is 0.334. The first-order valence-electron chi connectivity index (χ1n) is 6.10. The Balaban J connectivity index is 2.54. The highest BCUT2D eigenvalue weighted by atomic mass is 19.1. The number of aryl methyl sites for hydroxylation is 1. The number of ether oxygens (including phenoxy) is 1. The molecule has 0 amide bonds. The van der Waals surface area contributed by atoms with Crippen LogP contribution in [-0.4, -0.2) is 16.2 Å². The molecule has 2 aromatic rings. The van der Waals surface area contributed by atoms with Crippen molar-refractivity contribution in [3.8, 4) is 17.1 Å². The first-order chi connectivity index (χ1) is 8.67. The molecule has 0 spiro atoms. The van der Waals surface area contributed by atoms with E-state index in [4.69, 9.17) is 4.74 Å². The molecule has 96 valence electrons. The van der Waals surface area contributed by atoms with Crippen LogP contribution in [-0.2, 0) is 13.5 Å². The fourth-order valence-corrected chi connectivity index (χ4v) is 2.01. The molecule has 4 heteroatoms. The predicted molar refractivity (Wildman–Crippen MR) is 69.1 cm³/mol. The van der Waals surface area contributed by atoms with Gasteiger partial charge >= 0.3 is 0 Å². The monoisotopic (exact) mass is 248 g/mol. The van der Waals surface area contributed by atoms with Gasteiger partial charge in [-0.05, 0) is 25.5 Å². The summed E-state index contributed by atoms with van der Waals surface area (Å²) in [6, 6.07) is 3.37. The molecule has 0 fully saturated rings. The quantitative estimate of drug-likeness (QED) is 0.831. The van der Waals surface area contributed by atoms with Gasteiger partial charge in [-0.25, -0.2) is 9.37 Å². The molecule has 0 bridgehead atoms. The maximum atomic E-state index is 14.0. The van der Waals surface area contributed by atoms with Gasteiger partial charge in [0.25, 0.3) is 0 Å². The minimum absolute atomic E-state index is 0.235. The molecule has 0 aliphatic carbocycles. The van der Waals surface area contributed by atoms with E-state index in [1.807, 2.05) is 37.7 Å². The molecule has 1 aromatic carbocycles. The summed E-state index contributed by atoms with van der Waals surface area (Å²) in [6.07, 6.45) is 4.14. The molecule has 1 aromatic heterocycles. The maximum absolute atomic E-state index is 14.0. The van der Waals surface area contributed by atoms with Gasteiger partial charge in [0, 0.05) is 30.6 Å². The Labute approximate surface area is 106 Å². The Kier molecular flexibility index (Phi) is 3.65. The molecule has 0 aliphatic rings. The second-order valence-electron chi connectivity index (χ2n) is 4.08. The van der Waals surface area contributed by atoms with Crippen molar-refractivity contribution in [2.45, 2.75) is 20.3 Å². The van der Waals surface area contributed by atoms with Crippen LogP contribution in [0.5, 0.6) is 5.75 Å². The van der Waals surface area contributed by atoms with E-state index in [-0.39, 0.29) is 5.82 Å². The van der Waals surface area contributed by atoms with Crippen LogP contribution in [0.1, 0.15) is 19.4 Å². The number of hydrogen-bond acceptors (Lipinski definition) is 2. The van der Waals surface area contributed by atoms with Gasteiger partial charge in [-0.2, -0.15) is 0 Å². The summed E-state index contributed by atoms with van der Waals surface area (Å²) < 4.78 is 21.4. The first-order valence-corrected chi connectivity index (χ1v) is 6.10. The summed E-state index contributed by atoms with van der Waals surface area (Å²) in [5, 5.41) is 0. The standard InChI is InChI=1S/C14H17FN2O/c1-4-11-12(15)8-10(9-13(11)18-5-2)14-16-6-7-17(14)3/h6-9H,4-5H2,1-3H3. The van der Waals surface area contributed by atoms with E-state index in [1.54, 1.807) is 6.20 Å². The molecule has 0 radical (unpaired) electrons. The van der Waals surface area contributed by atoms with E-state index in [0.717, 1.165) is 11.4 Å². The third-order valence-corrected chi connectivity index (χ3v) is 2.89. The van der Waals surface area contributed by atoms with Gasteiger partial charge in [0.2, 0.25) is 0 Å². The van der Waals surface area contributed by atoms with Crippen LogP contribution in [0, 0.1) is 5.82 Å². The highest BCUT2D eigenvalue weighted by Crippen LogP contribution is 2.29. The van der Waals surface area contributed by atoms with Crippen molar-refractivity contribution >= 4 is 0 Å². The zero-order valence-electron chi connectivity index (χ0n) is 10.9. The molecule has 2 rings (SSSR count). The zero-order chi connectivity index (χ0) is 13.1. The van der Waals surface area contributed by atoms with Crippen molar-refractivity contribution in [3.05, 3.63) is 35.9 Å². The van der Waals surface area contributed by atoms with E-state index in [0.29, 0.717) is 24.3 Å². The molecule has 0 atom stereocenters. The van der Waals surface area contributed by atoms with Crippen molar-refractivity contribution in [3.63, 3.8) is 0 Å². The molecule has 18 heavy (non-hydrogen) atoms. The molecule has 0 unspecified atom stereocenters. The van der Waals surface area contributed by atoms with E-state index >= 15 is 0 Å². The Bertz CT molecular complexity index is 549. The van der Waals surface area contributed by atoms with Crippen LogP contribution in [0.4, 0.5) is 4.39 Å². The van der Waals surface area contributed by atoms with Gasteiger partial charge in [0.15, 0.2) is 0 Å². The summed E-state index contributed by atoms with van der Waals surface area (Å²) in [4.78, 5) is 4.22. The van der Waals surface area contributed by atoms with Gasteiger partial charge in [0.05, 0.1) is 6.61 Å². The zero-order valence-corrected chi connectivity index (χ0v) is 10.9. The number of benzene rings is 1. The highest BCUT2D eigenvalue weighted by molar-refractivity contribution is 5.60. The molecule has 3 nitrogen and oxygen atoms in total. The van der Waals surface area contributed by atoms with E-state index < -0.39 is 0 Å². The van der Waals surface area contributed by atoms with Gasteiger partial charge < -0.3 is 9.30 Å². The van der Waals surface area contributed by atoms with Gasteiger partial charge in [-0.1, -0.05) is 6.92 Å². The molecular formula is C14H17FN2O. The number of imidazole rings is 1. The van der Waals surface area contributed by atoms with Crippen LogP contribution < -0.4 is 4.74 Å². The van der Waals surface area contributed by atoms with Crippen LogP contribution >= 0.6 is 0 Å². The Hall–Kier alpha value is -1.84. The predicted octanol–water partition coefficient (Wildman–Crippen LogP) is 3.19. The first kappa shape index (κ1) is 12.6. The summed E-state index contributed by atoms with van der Waals surface area (Å²) in [5.74, 6) is 1.11. The normalized spacial score (nSPS) is 10.7. The van der Waals surface area contributed by atoms with Crippen molar-refractivity contribution in [1.82, 2.24) is 9.55 Å². The lowest BCUT2D eigenvalue weighted by atomic mass is 10.1. The number of aromatic nitrogens is 2. The number of nitrogens with zero attached hydrogens (tertiary/aromatic N) is 2. The van der Waals surface area contributed by atoms with E-state index in [2.05, 4.69) is 4.98 Å². The van der Waals surface area contributed by atoms with Gasteiger partial charge in [-0.15, -0.1) is 0 Å². The lowest BCUT2D eigenvalue weighted by Gasteiger charge is -2.12. The van der Waals surface area contributed by atoms with Crippen LogP contribution in [0.2, 0.25) is 0 Å². The van der Waals surface area contributed by atoms with Crippen molar-refractivity contribution in [1.29, 1.82) is 0 Å². The van der Waals surface area contributed by atoms with Gasteiger partial charge in [-0.3, -0.25) is 0 Å². The highest BCUT2D eigenvalue weighted by Gasteiger charge is 2.13. The fraction of sp³-hybridized carbons (Fsp3) is 0.357. The summed E-state index contributed by atoms with van der Waals surface area (Å²) in [5.41, 5.74) is 1.36. The minimum Gasteiger partial charge on any atom is -0.493 e. The molecular weight excluding hydrogens is 231 g/mol. The van der Waals surface area contributed by atoms with Crippen LogP contribution in [0.25, 0.3) is 11.4 Å². The second kappa shape index (κ2) is 5.21. The number of hydrogen-bond donors (Lipinski definition) is 0. The number of rotatable bonds is 4. The average Bonchev–Trinajstić information content (AvgIpc) is 2.75. The molecule has 0 aliphatic heterocycles. The smallest absolute Gasteiger partial charge is 0.139 e. The molecule has 0 N–H and O–H groups in total. The SMILES string of the molecule is CCOc1cc(-c2nccn2C)cc(F)c1CC. The maximum Gasteiger partial charge on any atom is 0.139 e. The third kappa shape index (κ3) is 2.23. The van der Waals surface area contributed by atoms with Crippen molar-refractivity contribution in [2.24, 2.45) is 7.05 Å². The Morgan fingerprint density at radius 1 is 1.33 bits per heavy atom. The molecule has 0 saturated carbocycles. The average molecular weight is 248 g/mol. The molecule has 0 saturated heterocycles. The van der Waals surface area contributed by atoms with Crippen LogP contribution in [0.15, 0.2) is 24.5 Å². The largest absolute Gasteiger partial charge is 0.493 e. The Morgan fingerprint density at radius 2 is 2.11 bits per heavy atom. The second-order valence-corrected chi connectivity index (χ2v) is 4.08. The summed E-state index contributed by atoms with van der Waals surface area (Å²) >= 11 is 0. The van der Waals surface area contributed by atoms with E-state index in [1.165, 1.54) is 6.07 Å². The van der Waals surface area contributed by atoms with E-state index in [9.17, 15) is 4.39 Å². The van der Waals surface area contributed by atoms with Crippen molar-refractivity contribution in [2.75, 3.05) is 6.61 Å². The summed E-state index contributed by atoms with van der Waals surface area (Å²) in [7, 11) is 1.88. The fourth-order valence-electron chi connectivity index (χ4n) is 2.01.